The fourth-order valence-corrected chi connectivity index (χ4v) is 6.25. The minimum atomic E-state index is -0.236. The van der Waals surface area contributed by atoms with Gasteiger partial charge in [-0.1, -0.05) is 0 Å². The van der Waals surface area contributed by atoms with Crippen LogP contribution in [0.1, 0.15) is 38.5 Å². The Balaban J connectivity index is 1.27. The topological polar surface area (TPSA) is 29.1 Å². The minimum absolute atomic E-state index is 0.107. The van der Waals surface area contributed by atoms with E-state index in [-0.39, 0.29) is 11.7 Å². The maximum absolute atomic E-state index is 12.9. The van der Waals surface area contributed by atoms with E-state index in [0.29, 0.717) is 11.2 Å². The number of nitrogens with one attached hydrogen (secondary N) is 1. The summed E-state index contributed by atoms with van der Waals surface area (Å²) >= 11 is 1.48. The summed E-state index contributed by atoms with van der Waals surface area (Å²) < 4.78 is 12.9. The summed E-state index contributed by atoms with van der Waals surface area (Å²) in [5, 5.41) is 3.19. The molecular weight excluding hydrogens is 309 g/mol. The Morgan fingerprint density at radius 3 is 2.22 bits per heavy atom. The van der Waals surface area contributed by atoms with E-state index in [2.05, 4.69) is 5.32 Å². The third-order valence-electron chi connectivity index (χ3n) is 6.01. The molecule has 0 heterocycles. The van der Waals surface area contributed by atoms with Gasteiger partial charge in [0, 0.05) is 11.4 Å². The quantitative estimate of drug-likeness (QED) is 0.816. The molecule has 5 rings (SSSR count). The van der Waals surface area contributed by atoms with Gasteiger partial charge in [-0.15, -0.1) is 11.8 Å². The fourth-order valence-electron chi connectivity index (χ4n) is 5.52. The summed E-state index contributed by atoms with van der Waals surface area (Å²) in [5.74, 6) is 3.05. The van der Waals surface area contributed by atoms with E-state index in [1.165, 1.54) is 62.4 Å². The van der Waals surface area contributed by atoms with Gasteiger partial charge in [0.1, 0.15) is 5.82 Å². The molecule has 4 aliphatic rings. The van der Waals surface area contributed by atoms with E-state index < -0.39 is 0 Å². The number of thioether (sulfide) groups is 1. The summed E-state index contributed by atoms with van der Waals surface area (Å²) in [6, 6.07) is 6.34. The van der Waals surface area contributed by atoms with Crippen LogP contribution in [0.2, 0.25) is 0 Å². The molecule has 0 saturated heterocycles. The second-order valence-electron chi connectivity index (χ2n) is 7.94. The van der Waals surface area contributed by atoms with Crippen molar-refractivity contribution >= 4 is 17.7 Å². The average molecular weight is 333 g/mol. The van der Waals surface area contributed by atoms with Crippen molar-refractivity contribution in [3.05, 3.63) is 30.1 Å². The molecule has 1 aromatic rings. The zero-order valence-corrected chi connectivity index (χ0v) is 14.2. The van der Waals surface area contributed by atoms with Gasteiger partial charge in [-0.25, -0.2) is 4.39 Å². The Labute approximate surface area is 141 Å². The van der Waals surface area contributed by atoms with Crippen molar-refractivity contribution in [3.8, 4) is 0 Å². The molecule has 2 nitrogen and oxygen atoms in total. The molecule has 1 N–H and O–H groups in total. The van der Waals surface area contributed by atoms with E-state index in [0.717, 1.165) is 29.2 Å². The lowest BCUT2D eigenvalue weighted by molar-refractivity contribution is -0.120. The molecular formula is C19H24FNOS. The number of amides is 1. The zero-order chi connectivity index (χ0) is 15.9. The number of hydrogen-bond donors (Lipinski definition) is 1. The van der Waals surface area contributed by atoms with Gasteiger partial charge in [-0.2, -0.15) is 0 Å². The monoisotopic (exact) mass is 333 g/mol. The number of rotatable bonds is 5. The Hall–Kier alpha value is -1.03. The molecule has 4 heteroatoms. The third-order valence-corrected chi connectivity index (χ3v) is 7.02. The molecule has 0 aromatic heterocycles. The van der Waals surface area contributed by atoms with Crippen molar-refractivity contribution in [1.29, 1.82) is 0 Å². The van der Waals surface area contributed by atoms with Crippen LogP contribution in [-0.2, 0) is 4.79 Å². The normalized spacial score (nSPS) is 34.6. The molecule has 4 saturated carbocycles. The van der Waals surface area contributed by atoms with E-state index in [1.807, 2.05) is 0 Å². The largest absolute Gasteiger partial charge is 0.355 e. The molecule has 0 aliphatic heterocycles. The maximum Gasteiger partial charge on any atom is 0.230 e. The Bertz CT molecular complexity index is 550. The smallest absolute Gasteiger partial charge is 0.230 e. The van der Waals surface area contributed by atoms with Gasteiger partial charge in [0.2, 0.25) is 5.91 Å². The summed E-state index contributed by atoms with van der Waals surface area (Å²) in [7, 11) is 0. The predicted molar refractivity (Wildman–Crippen MR) is 90.7 cm³/mol. The van der Waals surface area contributed by atoms with Gasteiger partial charge in [0.05, 0.1) is 5.75 Å². The highest BCUT2D eigenvalue weighted by atomic mass is 32.2. The van der Waals surface area contributed by atoms with Crippen LogP contribution in [0.4, 0.5) is 4.39 Å². The molecule has 1 amide bonds. The van der Waals surface area contributed by atoms with Gasteiger partial charge >= 0.3 is 0 Å². The molecule has 0 spiro atoms. The number of carbonyl (C=O) groups excluding carboxylic acids is 1. The fraction of sp³-hybridized carbons (Fsp3) is 0.632. The van der Waals surface area contributed by atoms with Gasteiger partial charge in [-0.3, -0.25) is 4.79 Å². The van der Waals surface area contributed by atoms with Crippen LogP contribution in [0, 0.1) is 29.0 Å². The average Bonchev–Trinajstić information content (AvgIpc) is 2.51. The number of benzene rings is 1. The van der Waals surface area contributed by atoms with E-state index in [4.69, 9.17) is 0 Å². The van der Waals surface area contributed by atoms with Crippen LogP contribution in [0.3, 0.4) is 0 Å². The molecule has 4 fully saturated rings. The number of carbonyl (C=O) groups is 1. The zero-order valence-electron chi connectivity index (χ0n) is 13.4. The standard InChI is InChI=1S/C19H24FNOS/c20-16-1-3-17(4-2-16)23-11-18(22)21-12-19-8-13-5-14(9-19)7-15(6-13)10-19/h1-4,13-15H,5-12H2,(H,21,22). The Morgan fingerprint density at radius 2 is 1.65 bits per heavy atom. The van der Waals surface area contributed by atoms with Crippen LogP contribution >= 0.6 is 11.8 Å². The first-order chi connectivity index (χ1) is 11.1. The molecule has 0 atom stereocenters. The lowest BCUT2D eigenvalue weighted by atomic mass is 9.49. The van der Waals surface area contributed by atoms with E-state index >= 15 is 0 Å². The SMILES string of the molecule is O=C(CSc1ccc(F)cc1)NCC12CC3CC(CC(C3)C1)C2. The van der Waals surface area contributed by atoms with Crippen molar-refractivity contribution in [2.24, 2.45) is 23.2 Å². The molecule has 0 radical (unpaired) electrons. The predicted octanol–water partition coefficient (Wildman–Crippen LogP) is 4.25. The first kappa shape index (κ1) is 15.5. The van der Waals surface area contributed by atoms with Gasteiger partial charge in [0.25, 0.3) is 0 Å². The number of hydrogen-bond acceptors (Lipinski definition) is 2. The summed E-state index contributed by atoms with van der Waals surface area (Å²) in [6.07, 6.45) is 8.29. The summed E-state index contributed by atoms with van der Waals surface area (Å²) in [6.45, 7) is 0.860. The van der Waals surface area contributed by atoms with Gasteiger partial charge in [0.15, 0.2) is 0 Å². The lowest BCUT2D eigenvalue weighted by Gasteiger charge is -2.56. The second kappa shape index (κ2) is 6.12. The van der Waals surface area contributed by atoms with Gasteiger partial charge in [-0.05, 0) is 86.0 Å². The molecule has 0 unspecified atom stereocenters. The Morgan fingerprint density at radius 1 is 1.09 bits per heavy atom. The first-order valence-electron chi connectivity index (χ1n) is 8.75. The van der Waals surface area contributed by atoms with Crippen molar-refractivity contribution in [3.63, 3.8) is 0 Å². The van der Waals surface area contributed by atoms with Crippen molar-refractivity contribution in [2.75, 3.05) is 12.3 Å². The highest BCUT2D eigenvalue weighted by molar-refractivity contribution is 8.00. The molecule has 1 aromatic carbocycles. The van der Waals surface area contributed by atoms with E-state index in [9.17, 15) is 9.18 Å². The molecule has 4 aliphatic carbocycles. The maximum atomic E-state index is 12.9. The second-order valence-corrected chi connectivity index (χ2v) is 8.99. The van der Waals surface area contributed by atoms with Crippen LogP contribution in [-0.4, -0.2) is 18.2 Å². The minimum Gasteiger partial charge on any atom is -0.355 e. The van der Waals surface area contributed by atoms with Crippen LogP contribution in [0.15, 0.2) is 29.2 Å². The van der Waals surface area contributed by atoms with Crippen molar-refractivity contribution in [2.45, 2.75) is 43.4 Å². The highest BCUT2D eigenvalue weighted by Crippen LogP contribution is 2.59. The van der Waals surface area contributed by atoms with Crippen LogP contribution in [0.5, 0.6) is 0 Å². The molecule has 23 heavy (non-hydrogen) atoms. The Kier molecular flexibility index (Phi) is 4.12. The highest BCUT2D eigenvalue weighted by Gasteiger charge is 2.50. The van der Waals surface area contributed by atoms with Crippen LogP contribution < -0.4 is 5.32 Å². The molecule has 4 bridgehead atoms. The number of halogens is 1. The third kappa shape index (κ3) is 3.42. The first-order valence-corrected chi connectivity index (χ1v) is 9.74. The lowest BCUT2D eigenvalue weighted by Crippen LogP contribution is -2.51. The summed E-state index contributed by atoms with van der Waals surface area (Å²) in [5.41, 5.74) is 0.394. The van der Waals surface area contributed by atoms with Crippen molar-refractivity contribution in [1.82, 2.24) is 5.32 Å². The molecule has 124 valence electrons. The summed E-state index contributed by atoms with van der Waals surface area (Å²) in [4.78, 5) is 13.1. The van der Waals surface area contributed by atoms with Crippen molar-refractivity contribution < 1.29 is 9.18 Å². The van der Waals surface area contributed by atoms with Crippen LogP contribution in [0.25, 0.3) is 0 Å². The van der Waals surface area contributed by atoms with Gasteiger partial charge < -0.3 is 5.32 Å². The van der Waals surface area contributed by atoms with E-state index in [1.54, 1.807) is 12.1 Å².